The zero-order chi connectivity index (χ0) is 13.4. The standard InChI is InChI=1S/C13H15N3O2S/c1-8-2-3-9(6-8)15-10-4-5-11-12(14-7-19-11)13(10)16(17)18/h4-5,7-9,15H,2-3,6H2,1H3. The maximum atomic E-state index is 11.3. The van der Waals surface area contributed by atoms with Crippen LogP contribution in [-0.2, 0) is 0 Å². The highest BCUT2D eigenvalue weighted by Gasteiger charge is 2.26. The van der Waals surface area contributed by atoms with Crippen molar-refractivity contribution < 1.29 is 4.92 Å². The second kappa shape index (κ2) is 4.77. The van der Waals surface area contributed by atoms with E-state index < -0.39 is 0 Å². The monoisotopic (exact) mass is 277 g/mol. The van der Waals surface area contributed by atoms with Gasteiger partial charge in [-0.2, -0.15) is 0 Å². The molecule has 1 N–H and O–H groups in total. The van der Waals surface area contributed by atoms with Gasteiger partial charge in [0.05, 0.1) is 15.1 Å². The second-order valence-corrected chi connectivity index (χ2v) is 6.06. The van der Waals surface area contributed by atoms with Crippen molar-refractivity contribution >= 4 is 32.9 Å². The summed E-state index contributed by atoms with van der Waals surface area (Å²) in [4.78, 5) is 15.1. The number of rotatable bonds is 3. The molecule has 3 rings (SSSR count). The van der Waals surface area contributed by atoms with Gasteiger partial charge in [-0.15, -0.1) is 11.3 Å². The van der Waals surface area contributed by atoms with E-state index in [4.69, 9.17) is 0 Å². The number of thiazole rings is 1. The molecule has 1 aromatic heterocycles. The highest BCUT2D eigenvalue weighted by Crippen LogP contribution is 2.36. The number of aromatic nitrogens is 1. The Balaban J connectivity index is 1.98. The summed E-state index contributed by atoms with van der Waals surface area (Å²) in [5.41, 5.74) is 2.85. The van der Waals surface area contributed by atoms with Gasteiger partial charge in [0, 0.05) is 6.04 Å². The fraction of sp³-hybridized carbons (Fsp3) is 0.462. The number of nitrogens with one attached hydrogen (secondary N) is 1. The molecule has 0 amide bonds. The molecule has 100 valence electrons. The molecule has 0 spiro atoms. The van der Waals surface area contributed by atoms with Crippen LogP contribution >= 0.6 is 11.3 Å². The lowest BCUT2D eigenvalue weighted by atomic mass is 10.1. The summed E-state index contributed by atoms with van der Waals surface area (Å²) >= 11 is 1.43. The Morgan fingerprint density at radius 2 is 2.32 bits per heavy atom. The van der Waals surface area contributed by atoms with Gasteiger partial charge in [-0.1, -0.05) is 6.92 Å². The van der Waals surface area contributed by atoms with Crippen molar-refractivity contribution in [2.45, 2.75) is 32.2 Å². The quantitative estimate of drug-likeness (QED) is 0.684. The molecular formula is C13H15N3O2S. The largest absolute Gasteiger partial charge is 0.377 e. The van der Waals surface area contributed by atoms with E-state index in [0.29, 0.717) is 23.2 Å². The minimum absolute atomic E-state index is 0.110. The maximum Gasteiger partial charge on any atom is 0.319 e. The predicted molar refractivity (Wildman–Crippen MR) is 76.7 cm³/mol. The zero-order valence-electron chi connectivity index (χ0n) is 10.6. The molecule has 6 heteroatoms. The summed E-state index contributed by atoms with van der Waals surface area (Å²) < 4.78 is 0.858. The predicted octanol–water partition coefficient (Wildman–Crippen LogP) is 3.81. The molecular weight excluding hydrogens is 262 g/mol. The summed E-state index contributed by atoms with van der Waals surface area (Å²) in [6.45, 7) is 2.22. The van der Waals surface area contributed by atoms with Crippen LogP contribution in [0.3, 0.4) is 0 Å². The Morgan fingerprint density at radius 1 is 1.47 bits per heavy atom. The molecule has 1 aromatic carbocycles. The van der Waals surface area contributed by atoms with E-state index >= 15 is 0 Å². The van der Waals surface area contributed by atoms with Crippen molar-refractivity contribution in [3.63, 3.8) is 0 Å². The highest BCUT2D eigenvalue weighted by atomic mass is 32.1. The number of nitrogens with zero attached hydrogens (tertiary/aromatic N) is 2. The summed E-state index contributed by atoms with van der Waals surface area (Å²) in [7, 11) is 0. The molecule has 0 aliphatic heterocycles. The Bertz CT molecular complexity index is 625. The van der Waals surface area contributed by atoms with Crippen LogP contribution in [0.4, 0.5) is 11.4 Å². The lowest BCUT2D eigenvalue weighted by molar-refractivity contribution is -0.382. The van der Waals surface area contributed by atoms with E-state index in [-0.39, 0.29) is 10.6 Å². The van der Waals surface area contributed by atoms with Crippen LogP contribution in [0.25, 0.3) is 10.2 Å². The summed E-state index contributed by atoms with van der Waals surface area (Å²) in [6.07, 6.45) is 3.34. The molecule has 2 aromatic rings. The molecule has 0 saturated heterocycles. The normalized spacial score (nSPS) is 22.8. The third-order valence-electron chi connectivity index (χ3n) is 3.71. The number of fused-ring (bicyclic) bond motifs is 1. The number of nitro groups is 1. The Morgan fingerprint density at radius 3 is 3.00 bits per heavy atom. The molecule has 2 unspecified atom stereocenters. The molecule has 2 atom stereocenters. The Hall–Kier alpha value is -1.69. The maximum absolute atomic E-state index is 11.3. The van der Waals surface area contributed by atoms with Crippen LogP contribution in [0.2, 0.25) is 0 Å². The number of benzene rings is 1. The smallest absolute Gasteiger partial charge is 0.319 e. The number of nitro benzene ring substituents is 1. The summed E-state index contributed by atoms with van der Waals surface area (Å²) in [5, 5.41) is 14.6. The molecule has 1 fully saturated rings. The van der Waals surface area contributed by atoms with Gasteiger partial charge in [0.25, 0.3) is 0 Å². The summed E-state index contributed by atoms with van der Waals surface area (Å²) in [5.74, 6) is 0.694. The molecule has 0 radical (unpaired) electrons. The first-order valence-corrected chi connectivity index (χ1v) is 7.30. The van der Waals surface area contributed by atoms with Gasteiger partial charge in [0.2, 0.25) is 0 Å². The first-order valence-electron chi connectivity index (χ1n) is 6.42. The third-order valence-corrected chi connectivity index (χ3v) is 4.51. The molecule has 1 saturated carbocycles. The zero-order valence-corrected chi connectivity index (χ0v) is 11.4. The van der Waals surface area contributed by atoms with Crippen LogP contribution < -0.4 is 5.32 Å². The Labute approximate surface area is 114 Å². The molecule has 1 aliphatic rings. The van der Waals surface area contributed by atoms with Crippen LogP contribution in [0.5, 0.6) is 0 Å². The fourth-order valence-electron chi connectivity index (χ4n) is 2.78. The van der Waals surface area contributed by atoms with Crippen LogP contribution in [0, 0.1) is 16.0 Å². The molecule has 1 heterocycles. The van der Waals surface area contributed by atoms with Gasteiger partial charge >= 0.3 is 5.69 Å². The van der Waals surface area contributed by atoms with Crippen molar-refractivity contribution in [3.05, 3.63) is 27.8 Å². The van der Waals surface area contributed by atoms with Gasteiger partial charge in [0.1, 0.15) is 5.69 Å². The first-order chi connectivity index (χ1) is 9.15. The van der Waals surface area contributed by atoms with E-state index in [1.54, 1.807) is 5.51 Å². The molecule has 19 heavy (non-hydrogen) atoms. The van der Waals surface area contributed by atoms with Crippen molar-refractivity contribution in [2.24, 2.45) is 5.92 Å². The Kier molecular flexibility index (Phi) is 3.10. The molecule has 0 bridgehead atoms. The average molecular weight is 277 g/mol. The number of hydrogen-bond donors (Lipinski definition) is 1. The van der Waals surface area contributed by atoms with Gasteiger partial charge in [-0.25, -0.2) is 4.98 Å². The minimum Gasteiger partial charge on any atom is -0.377 e. The van der Waals surface area contributed by atoms with E-state index in [1.165, 1.54) is 17.8 Å². The average Bonchev–Trinajstić information content (AvgIpc) is 2.97. The van der Waals surface area contributed by atoms with Gasteiger partial charge in [0.15, 0.2) is 5.52 Å². The van der Waals surface area contributed by atoms with E-state index in [0.717, 1.165) is 17.5 Å². The van der Waals surface area contributed by atoms with Gasteiger partial charge in [-0.05, 0) is 37.3 Å². The first kappa shape index (κ1) is 12.3. The van der Waals surface area contributed by atoms with Crippen molar-refractivity contribution in [1.82, 2.24) is 4.98 Å². The topological polar surface area (TPSA) is 68.1 Å². The molecule has 1 aliphatic carbocycles. The molecule has 5 nitrogen and oxygen atoms in total. The van der Waals surface area contributed by atoms with E-state index in [1.807, 2.05) is 12.1 Å². The van der Waals surface area contributed by atoms with Gasteiger partial charge < -0.3 is 5.32 Å². The number of anilines is 1. The van der Waals surface area contributed by atoms with Gasteiger partial charge in [-0.3, -0.25) is 10.1 Å². The van der Waals surface area contributed by atoms with Crippen molar-refractivity contribution in [2.75, 3.05) is 5.32 Å². The van der Waals surface area contributed by atoms with E-state index in [9.17, 15) is 10.1 Å². The highest BCUT2D eigenvalue weighted by molar-refractivity contribution is 7.16. The second-order valence-electron chi connectivity index (χ2n) is 5.18. The van der Waals surface area contributed by atoms with Crippen molar-refractivity contribution in [1.29, 1.82) is 0 Å². The van der Waals surface area contributed by atoms with Crippen LogP contribution in [-0.4, -0.2) is 15.9 Å². The minimum atomic E-state index is -0.331. The summed E-state index contributed by atoms with van der Waals surface area (Å²) in [6, 6.07) is 4.05. The van der Waals surface area contributed by atoms with E-state index in [2.05, 4.69) is 17.2 Å². The number of hydrogen-bond acceptors (Lipinski definition) is 5. The van der Waals surface area contributed by atoms with Crippen molar-refractivity contribution in [3.8, 4) is 0 Å². The van der Waals surface area contributed by atoms with Crippen LogP contribution in [0.15, 0.2) is 17.6 Å². The fourth-order valence-corrected chi connectivity index (χ4v) is 3.46. The van der Waals surface area contributed by atoms with Crippen LogP contribution in [0.1, 0.15) is 26.2 Å². The lowest BCUT2D eigenvalue weighted by Gasteiger charge is -2.14. The SMILES string of the molecule is CC1CCC(Nc2ccc3scnc3c2[N+](=O)[O-])C1. The lowest BCUT2D eigenvalue weighted by Crippen LogP contribution is -2.16. The third kappa shape index (κ3) is 2.28.